The number of aromatic nitrogens is 2. The van der Waals surface area contributed by atoms with Gasteiger partial charge in [0, 0.05) is 49.1 Å². The highest BCUT2D eigenvalue weighted by Gasteiger charge is 2.26. The largest absolute Gasteiger partial charge is 0.493 e. The predicted molar refractivity (Wildman–Crippen MR) is 129 cm³/mol. The van der Waals surface area contributed by atoms with Gasteiger partial charge < -0.3 is 30.7 Å². The van der Waals surface area contributed by atoms with Crippen molar-refractivity contribution in [1.29, 1.82) is 0 Å². The number of nitrogens with zero attached hydrogens (tertiary/aromatic N) is 4. The molecule has 9 nitrogen and oxygen atoms in total. The van der Waals surface area contributed by atoms with Gasteiger partial charge >= 0.3 is 0 Å². The third kappa shape index (κ3) is 4.64. The molecule has 2 heterocycles. The molecule has 1 atom stereocenters. The van der Waals surface area contributed by atoms with E-state index in [0.29, 0.717) is 42.5 Å². The number of fused-ring (bicyclic) bond motifs is 1. The van der Waals surface area contributed by atoms with Crippen LogP contribution in [0.3, 0.4) is 0 Å². The Morgan fingerprint density at radius 1 is 1.15 bits per heavy atom. The lowest BCUT2D eigenvalue weighted by Gasteiger charge is -2.35. The second-order valence-corrected chi connectivity index (χ2v) is 8.40. The van der Waals surface area contributed by atoms with E-state index < -0.39 is 11.9 Å². The Bertz CT molecular complexity index is 1200. The lowest BCUT2D eigenvalue weighted by Crippen LogP contribution is -2.49. The van der Waals surface area contributed by atoms with Crippen molar-refractivity contribution < 1.29 is 18.7 Å². The van der Waals surface area contributed by atoms with Crippen molar-refractivity contribution in [3.8, 4) is 11.5 Å². The highest BCUT2D eigenvalue weighted by molar-refractivity contribution is 6.30. The van der Waals surface area contributed by atoms with Crippen LogP contribution in [0.15, 0.2) is 30.3 Å². The molecule has 0 radical (unpaired) electrons. The first-order chi connectivity index (χ1) is 16.3. The average molecular weight is 489 g/mol. The summed E-state index contributed by atoms with van der Waals surface area (Å²) >= 11 is 5.92. The fourth-order valence-electron chi connectivity index (χ4n) is 3.98. The maximum atomic E-state index is 15.1. The normalized spacial score (nSPS) is 14.9. The fraction of sp³-hybridized carbons (Fsp3) is 0.348. The quantitative estimate of drug-likeness (QED) is 0.543. The number of carbonyl (C=O) groups excluding carboxylic acids is 1. The van der Waals surface area contributed by atoms with Crippen molar-refractivity contribution in [2.75, 3.05) is 51.0 Å². The van der Waals surface area contributed by atoms with E-state index >= 15 is 4.39 Å². The third-order valence-corrected chi connectivity index (χ3v) is 6.15. The zero-order chi connectivity index (χ0) is 24.4. The molecule has 4 rings (SSSR count). The van der Waals surface area contributed by atoms with Crippen molar-refractivity contribution >= 4 is 40.2 Å². The van der Waals surface area contributed by atoms with Crippen LogP contribution in [0.5, 0.6) is 11.5 Å². The molecule has 0 aliphatic carbocycles. The molecule has 0 bridgehead atoms. The van der Waals surface area contributed by atoms with Crippen LogP contribution in [0, 0.1) is 5.82 Å². The highest BCUT2D eigenvalue weighted by atomic mass is 35.5. The molecule has 4 N–H and O–H groups in total. The molecular weight excluding hydrogens is 463 g/mol. The standard InChI is InChI=1S/C23H26ClFN6O3/c1-33-17-11-15-20(19(25)21(17)34-2)28-23(29-22(15)27)31-9-7-30(8-10-31)18(32)12-16(26)13-3-5-14(24)6-4-13/h3-6,11,16H,7-10,12,26H2,1-2H3,(H2,27,28,29)/t16-/m1/s1. The minimum Gasteiger partial charge on any atom is -0.493 e. The topological polar surface area (TPSA) is 120 Å². The molecular formula is C23H26ClFN6O3. The van der Waals surface area contributed by atoms with Crippen LogP contribution >= 0.6 is 11.6 Å². The Kier molecular flexibility index (Phi) is 6.90. The van der Waals surface area contributed by atoms with Crippen LogP contribution < -0.4 is 25.8 Å². The monoisotopic (exact) mass is 488 g/mol. The van der Waals surface area contributed by atoms with Gasteiger partial charge in [-0.25, -0.2) is 9.37 Å². The van der Waals surface area contributed by atoms with Crippen molar-refractivity contribution in [3.63, 3.8) is 0 Å². The summed E-state index contributed by atoms with van der Waals surface area (Å²) in [5, 5.41) is 0.955. The van der Waals surface area contributed by atoms with Crippen LogP contribution in [0.1, 0.15) is 18.0 Å². The SMILES string of the molecule is COc1cc2c(N)nc(N3CCN(C(=O)C[C@@H](N)c4ccc(Cl)cc4)CC3)nc2c(F)c1OC. The van der Waals surface area contributed by atoms with E-state index in [1.807, 2.05) is 17.0 Å². The number of hydrogen-bond acceptors (Lipinski definition) is 8. The van der Waals surface area contributed by atoms with E-state index in [1.165, 1.54) is 14.2 Å². The molecule has 1 aliphatic rings. The summed E-state index contributed by atoms with van der Waals surface area (Å²) in [6, 6.07) is 8.29. The Labute approximate surface area is 201 Å². The van der Waals surface area contributed by atoms with Crippen molar-refractivity contribution in [3.05, 3.63) is 46.7 Å². The number of amides is 1. The highest BCUT2D eigenvalue weighted by Crippen LogP contribution is 2.37. The summed E-state index contributed by atoms with van der Waals surface area (Å²) in [5.41, 5.74) is 13.2. The molecule has 2 aromatic carbocycles. The van der Waals surface area contributed by atoms with Gasteiger partial charge in [0.2, 0.25) is 11.9 Å². The molecule has 34 heavy (non-hydrogen) atoms. The Morgan fingerprint density at radius 3 is 2.44 bits per heavy atom. The lowest BCUT2D eigenvalue weighted by molar-refractivity contribution is -0.131. The number of rotatable bonds is 6. The number of hydrogen-bond donors (Lipinski definition) is 2. The number of piperazine rings is 1. The van der Waals surface area contributed by atoms with Gasteiger partial charge in [0.25, 0.3) is 0 Å². The van der Waals surface area contributed by atoms with Crippen LogP contribution in [0.2, 0.25) is 5.02 Å². The van der Waals surface area contributed by atoms with Crippen LogP contribution in [0.25, 0.3) is 10.9 Å². The molecule has 1 fully saturated rings. The first kappa shape index (κ1) is 23.8. The van der Waals surface area contributed by atoms with Crippen molar-refractivity contribution in [2.24, 2.45) is 5.73 Å². The Hall–Kier alpha value is -3.37. The third-order valence-electron chi connectivity index (χ3n) is 5.90. The number of halogens is 2. The number of ether oxygens (including phenoxy) is 2. The first-order valence-electron chi connectivity index (χ1n) is 10.7. The summed E-state index contributed by atoms with van der Waals surface area (Å²) in [6.45, 7) is 1.87. The summed E-state index contributed by atoms with van der Waals surface area (Å²) in [5.74, 6) is -0.125. The second-order valence-electron chi connectivity index (χ2n) is 7.96. The molecule has 0 spiro atoms. The summed E-state index contributed by atoms with van der Waals surface area (Å²) in [7, 11) is 2.77. The van der Waals surface area contributed by atoms with E-state index in [-0.39, 0.29) is 35.2 Å². The number of benzene rings is 2. The molecule has 0 saturated carbocycles. The number of nitrogen functional groups attached to an aromatic ring is 1. The Balaban J connectivity index is 1.46. The zero-order valence-corrected chi connectivity index (χ0v) is 19.7. The van der Waals surface area contributed by atoms with Crippen molar-refractivity contribution in [2.45, 2.75) is 12.5 Å². The number of carbonyl (C=O) groups is 1. The van der Waals surface area contributed by atoms with Gasteiger partial charge in [-0.3, -0.25) is 4.79 Å². The molecule has 180 valence electrons. The van der Waals surface area contributed by atoms with E-state index in [1.54, 1.807) is 23.1 Å². The van der Waals surface area contributed by atoms with E-state index in [9.17, 15) is 4.79 Å². The van der Waals surface area contributed by atoms with E-state index in [0.717, 1.165) is 5.56 Å². The fourth-order valence-corrected chi connectivity index (χ4v) is 4.11. The van der Waals surface area contributed by atoms with E-state index in [2.05, 4.69) is 9.97 Å². The smallest absolute Gasteiger partial charge is 0.228 e. The molecule has 1 amide bonds. The van der Waals surface area contributed by atoms with Gasteiger partial charge in [0.15, 0.2) is 17.3 Å². The molecule has 1 saturated heterocycles. The zero-order valence-electron chi connectivity index (χ0n) is 18.9. The molecule has 1 aromatic heterocycles. The Morgan fingerprint density at radius 2 is 1.82 bits per heavy atom. The molecule has 1 aliphatic heterocycles. The lowest BCUT2D eigenvalue weighted by atomic mass is 10.0. The van der Waals surface area contributed by atoms with Crippen LogP contribution in [-0.2, 0) is 4.79 Å². The average Bonchev–Trinajstić information content (AvgIpc) is 2.84. The van der Waals surface area contributed by atoms with Gasteiger partial charge in [-0.15, -0.1) is 0 Å². The van der Waals surface area contributed by atoms with Crippen molar-refractivity contribution in [1.82, 2.24) is 14.9 Å². The van der Waals surface area contributed by atoms with E-state index in [4.69, 9.17) is 32.5 Å². The van der Waals surface area contributed by atoms with Gasteiger partial charge in [-0.2, -0.15) is 4.98 Å². The first-order valence-corrected chi connectivity index (χ1v) is 11.1. The summed E-state index contributed by atoms with van der Waals surface area (Å²) < 4.78 is 25.4. The maximum absolute atomic E-state index is 15.1. The van der Waals surface area contributed by atoms with Gasteiger partial charge in [-0.1, -0.05) is 23.7 Å². The maximum Gasteiger partial charge on any atom is 0.228 e. The van der Waals surface area contributed by atoms with Crippen LogP contribution in [-0.4, -0.2) is 61.2 Å². The van der Waals surface area contributed by atoms with Crippen LogP contribution in [0.4, 0.5) is 16.2 Å². The predicted octanol–water partition coefficient (Wildman–Crippen LogP) is 2.76. The minimum absolute atomic E-state index is 0.0380. The number of anilines is 2. The number of nitrogens with two attached hydrogens (primary N) is 2. The second kappa shape index (κ2) is 9.86. The summed E-state index contributed by atoms with van der Waals surface area (Å²) in [6.07, 6.45) is 0.188. The van der Waals surface area contributed by atoms with Gasteiger partial charge in [0.1, 0.15) is 11.3 Å². The molecule has 0 unspecified atom stereocenters. The van der Waals surface area contributed by atoms with Gasteiger partial charge in [0.05, 0.1) is 14.2 Å². The van der Waals surface area contributed by atoms with Gasteiger partial charge in [-0.05, 0) is 23.8 Å². The summed E-state index contributed by atoms with van der Waals surface area (Å²) in [4.78, 5) is 25.2. The minimum atomic E-state index is -0.669. The number of methoxy groups -OCH3 is 2. The molecule has 3 aromatic rings. The molecule has 11 heteroatoms.